The van der Waals surface area contributed by atoms with E-state index < -0.39 is 0 Å². The Morgan fingerprint density at radius 3 is 2.46 bits per heavy atom. The highest BCUT2D eigenvalue weighted by molar-refractivity contribution is 6.00. The molecule has 1 saturated heterocycles. The monoisotopic (exact) mass is 498 g/mol. The first-order valence-corrected chi connectivity index (χ1v) is 12.5. The fraction of sp³-hybridized carbons (Fsp3) is 0.276. The van der Waals surface area contributed by atoms with Gasteiger partial charge in [0, 0.05) is 42.8 Å². The lowest BCUT2D eigenvalue weighted by Gasteiger charge is -2.32. The predicted molar refractivity (Wildman–Crippen MR) is 149 cm³/mol. The lowest BCUT2D eigenvalue weighted by atomic mass is 10.0. The van der Waals surface area contributed by atoms with Crippen LogP contribution in [0.3, 0.4) is 0 Å². The average molecular weight is 499 g/mol. The van der Waals surface area contributed by atoms with Crippen LogP contribution in [0, 0.1) is 5.41 Å². The van der Waals surface area contributed by atoms with Gasteiger partial charge < -0.3 is 31.7 Å². The van der Waals surface area contributed by atoms with Gasteiger partial charge in [-0.2, -0.15) is 0 Å². The molecule has 0 unspecified atom stereocenters. The number of hydrogen-bond acceptors (Lipinski definition) is 5. The highest BCUT2D eigenvalue weighted by Crippen LogP contribution is 2.26. The van der Waals surface area contributed by atoms with Crippen LogP contribution in [0.1, 0.15) is 34.5 Å². The summed E-state index contributed by atoms with van der Waals surface area (Å²) in [5.41, 5.74) is 13.4. The van der Waals surface area contributed by atoms with Crippen LogP contribution in [0.5, 0.6) is 0 Å². The van der Waals surface area contributed by atoms with E-state index >= 15 is 0 Å². The normalized spacial score (nSPS) is 13.8. The largest absolute Gasteiger partial charge is 0.348 e. The molecule has 4 aromatic rings. The van der Waals surface area contributed by atoms with Crippen molar-refractivity contribution in [2.24, 2.45) is 11.5 Å². The van der Waals surface area contributed by atoms with Crippen LogP contribution in [0.15, 0.2) is 66.7 Å². The number of rotatable bonds is 6. The van der Waals surface area contributed by atoms with E-state index in [0.29, 0.717) is 38.2 Å². The first kappa shape index (κ1) is 26.1. The molecule has 1 aromatic heterocycles. The smallest absolute Gasteiger partial charge is 0.268 e. The third-order valence-corrected chi connectivity index (χ3v) is 6.89. The number of hydrogen-bond donors (Lipinski definition) is 4. The molecule has 192 valence electrons. The molecule has 6 N–H and O–H groups in total. The highest BCUT2D eigenvalue weighted by atomic mass is 16.2. The van der Waals surface area contributed by atoms with Crippen molar-refractivity contribution in [2.75, 3.05) is 26.7 Å². The summed E-state index contributed by atoms with van der Waals surface area (Å²) in [6, 6.07) is 22.2. The number of nitrogens with two attached hydrogens (primary N) is 2. The van der Waals surface area contributed by atoms with Crippen molar-refractivity contribution >= 4 is 39.7 Å². The molecule has 8 nitrogen and oxygen atoms in total. The molecule has 0 atom stereocenters. The second kappa shape index (κ2) is 11.8. The van der Waals surface area contributed by atoms with Crippen molar-refractivity contribution in [1.82, 2.24) is 14.8 Å². The number of nitrogens with one attached hydrogen (secondary N) is 2. The van der Waals surface area contributed by atoms with Gasteiger partial charge in [-0.25, -0.2) is 0 Å². The lowest BCUT2D eigenvalue weighted by Crippen LogP contribution is -2.48. The van der Waals surface area contributed by atoms with Crippen molar-refractivity contribution in [3.63, 3.8) is 0 Å². The van der Waals surface area contributed by atoms with E-state index in [2.05, 4.69) is 35.3 Å². The summed E-state index contributed by atoms with van der Waals surface area (Å²) < 4.78 is 2.05. The molecule has 0 aliphatic carbocycles. The van der Waals surface area contributed by atoms with Gasteiger partial charge in [0.2, 0.25) is 5.91 Å². The van der Waals surface area contributed by atoms with Gasteiger partial charge in [0.15, 0.2) is 0 Å². The van der Waals surface area contributed by atoms with Crippen LogP contribution in [0.4, 0.5) is 0 Å². The molecule has 0 spiro atoms. The first-order valence-electron chi connectivity index (χ1n) is 12.5. The molecule has 37 heavy (non-hydrogen) atoms. The molecule has 0 radical (unpaired) electrons. The molecule has 0 bridgehead atoms. The quantitative estimate of drug-likeness (QED) is 0.304. The van der Waals surface area contributed by atoms with Crippen molar-refractivity contribution < 1.29 is 9.59 Å². The van der Waals surface area contributed by atoms with Gasteiger partial charge in [0.1, 0.15) is 5.69 Å². The lowest BCUT2D eigenvalue weighted by molar-refractivity contribution is -0.130. The van der Waals surface area contributed by atoms with Crippen molar-refractivity contribution in [3.8, 4) is 0 Å². The maximum absolute atomic E-state index is 13.5. The Balaban J connectivity index is 0.00000156. The Hall–Kier alpha value is -4.01. The van der Waals surface area contributed by atoms with Gasteiger partial charge >= 0.3 is 0 Å². The predicted octanol–water partition coefficient (Wildman–Crippen LogP) is 3.09. The summed E-state index contributed by atoms with van der Waals surface area (Å²) in [5, 5.41) is 14.2. The van der Waals surface area contributed by atoms with E-state index in [9.17, 15) is 9.59 Å². The van der Waals surface area contributed by atoms with Crippen LogP contribution < -0.4 is 16.8 Å². The second-order valence-electron chi connectivity index (χ2n) is 9.05. The Kier molecular flexibility index (Phi) is 8.32. The molecular weight excluding hydrogens is 464 g/mol. The number of carbonyl (C=O) groups is 2. The summed E-state index contributed by atoms with van der Waals surface area (Å²) in [4.78, 5) is 27.1. The number of nitrogens with zero attached hydrogens (tertiary/aromatic N) is 2. The molecule has 1 aliphatic rings. The number of piperidine rings is 1. The number of aromatic nitrogens is 1. The summed E-state index contributed by atoms with van der Waals surface area (Å²) in [5.74, 6) is -0.173. The topological polar surface area (TPSA) is 130 Å². The first-order chi connectivity index (χ1) is 18.1. The molecule has 8 heteroatoms. The van der Waals surface area contributed by atoms with Crippen LogP contribution in [-0.2, 0) is 11.3 Å². The maximum atomic E-state index is 13.5. The van der Waals surface area contributed by atoms with Crippen LogP contribution in [0.2, 0.25) is 0 Å². The number of likely N-dealkylation sites (tertiary alicyclic amines) is 1. The highest BCUT2D eigenvalue weighted by Gasteiger charge is 2.25. The molecule has 5 rings (SSSR count). The summed E-state index contributed by atoms with van der Waals surface area (Å²) in [6.07, 6.45) is 2.74. The third kappa shape index (κ3) is 5.55. The fourth-order valence-corrected chi connectivity index (χ4v) is 4.98. The third-order valence-electron chi connectivity index (χ3n) is 6.89. The average Bonchev–Trinajstić information content (AvgIpc) is 3.31. The molecule has 2 heterocycles. The summed E-state index contributed by atoms with van der Waals surface area (Å²) in [7, 11) is 1.50. The van der Waals surface area contributed by atoms with Crippen LogP contribution in [-0.4, -0.2) is 60.2 Å². The summed E-state index contributed by atoms with van der Waals surface area (Å²) in [6.45, 7) is 1.76. The maximum Gasteiger partial charge on any atom is 0.268 e. The zero-order valence-corrected chi connectivity index (χ0v) is 21.1. The molecule has 1 aliphatic heterocycles. The van der Waals surface area contributed by atoms with Gasteiger partial charge in [-0.1, -0.05) is 54.6 Å². The van der Waals surface area contributed by atoms with Gasteiger partial charge in [0.05, 0.1) is 6.54 Å². The number of fused-ring (bicyclic) bond motifs is 2. The van der Waals surface area contributed by atoms with E-state index in [4.69, 9.17) is 11.1 Å². The molecule has 3 aromatic carbocycles. The number of carbonyl (C=O) groups excluding carboxylic acids is 2. The van der Waals surface area contributed by atoms with E-state index in [1.165, 1.54) is 13.3 Å². The SMILES string of the molecule is CN.N=Cc1ccc2cc(C(=O)NC3CCN(C(=O)CN)CC3)n(Cc3cccc4ccccc34)c2c1. The minimum atomic E-state index is -0.124. The zero-order chi connectivity index (χ0) is 26.4. The van der Waals surface area contributed by atoms with Crippen LogP contribution >= 0.6 is 0 Å². The Labute approximate surface area is 216 Å². The van der Waals surface area contributed by atoms with Crippen molar-refractivity contribution in [3.05, 3.63) is 83.6 Å². The Morgan fingerprint density at radius 1 is 1.00 bits per heavy atom. The number of benzene rings is 3. The minimum Gasteiger partial charge on any atom is -0.348 e. The minimum absolute atomic E-state index is 0.00507. The summed E-state index contributed by atoms with van der Waals surface area (Å²) >= 11 is 0. The van der Waals surface area contributed by atoms with Gasteiger partial charge in [-0.05, 0) is 53.9 Å². The van der Waals surface area contributed by atoms with Crippen molar-refractivity contribution in [1.29, 1.82) is 5.41 Å². The fourth-order valence-electron chi connectivity index (χ4n) is 4.98. The van der Waals surface area contributed by atoms with E-state index in [0.717, 1.165) is 32.8 Å². The zero-order valence-electron chi connectivity index (χ0n) is 21.1. The molecule has 1 fully saturated rings. The second-order valence-corrected chi connectivity index (χ2v) is 9.05. The molecule has 0 saturated carbocycles. The van der Waals surface area contributed by atoms with E-state index in [1.807, 2.05) is 47.0 Å². The van der Waals surface area contributed by atoms with E-state index in [1.54, 1.807) is 4.90 Å². The van der Waals surface area contributed by atoms with Crippen LogP contribution in [0.25, 0.3) is 21.7 Å². The standard InChI is InChI=1S/C28H29N5O2.CH5N/c29-16-19-8-9-21-15-26(28(35)31-23-10-12-32(13-11-23)27(34)17-30)33(25(21)14-19)18-22-6-3-5-20-4-1-2-7-24(20)22;1-2/h1-9,14-16,23,29H,10-13,17-18,30H2,(H,31,35);2H2,1H3. The molecule has 2 amide bonds. The Morgan fingerprint density at radius 2 is 1.73 bits per heavy atom. The van der Waals surface area contributed by atoms with Gasteiger partial charge in [0.25, 0.3) is 5.91 Å². The van der Waals surface area contributed by atoms with Crippen molar-refractivity contribution in [2.45, 2.75) is 25.4 Å². The van der Waals surface area contributed by atoms with Gasteiger partial charge in [-0.15, -0.1) is 0 Å². The van der Waals surface area contributed by atoms with E-state index in [-0.39, 0.29) is 24.4 Å². The Bertz CT molecular complexity index is 1410. The molecular formula is C29H34N6O2. The van der Waals surface area contributed by atoms with Gasteiger partial charge in [-0.3, -0.25) is 9.59 Å². The number of amides is 2.